The van der Waals surface area contributed by atoms with Crippen LogP contribution in [-0.2, 0) is 14.6 Å². The Morgan fingerprint density at radius 1 is 1.38 bits per heavy atom. The molecule has 0 N–H and O–H groups in total. The maximum Gasteiger partial charge on any atom is 0.250 e. The number of rotatable bonds is 3. The van der Waals surface area contributed by atoms with Gasteiger partial charge in [0.15, 0.2) is 15.0 Å². The SMILES string of the molecule is CC[C@H](C)C(=O)N=C1S[C@H]2CS(=O)(=O)C[C@H]2N1c1ccccc1C. The van der Waals surface area contributed by atoms with Crippen LogP contribution >= 0.6 is 11.8 Å². The van der Waals surface area contributed by atoms with Crippen molar-refractivity contribution in [1.82, 2.24) is 0 Å². The van der Waals surface area contributed by atoms with Gasteiger partial charge in [0, 0.05) is 16.9 Å². The number of carbonyl (C=O) groups excluding carboxylic acids is 1. The van der Waals surface area contributed by atoms with Crippen molar-refractivity contribution in [3.63, 3.8) is 0 Å². The van der Waals surface area contributed by atoms with Gasteiger partial charge < -0.3 is 4.90 Å². The highest BCUT2D eigenvalue weighted by molar-refractivity contribution is 8.16. The van der Waals surface area contributed by atoms with Gasteiger partial charge >= 0.3 is 0 Å². The summed E-state index contributed by atoms with van der Waals surface area (Å²) in [5.41, 5.74) is 1.98. The second-order valence-corrected chi connectivity index (χ2v) is 9.86. The Hall–Kier alpha value is -1.34. The summed E-state index contributed by atoms with van der Waals surface area (Å²) in [6.07, 6.45) is 0.742. The number of hydrogen-bond donors (Lipinski definition) is 0. The number of para-hydroxylation sites is 1. The van der Waals surface area contributed by atoms with Crippen LogP contribution in [0.4, 0.5) is 5.69 Å². The van der Waals surface area contributed by atoms with E-state index >= 15 is 0 Å². The Morgan fingerprint density at radius 2 is 2.08 bits per heavy atom. The predicted octanol–water partition coefficient (Wildman–Crippen LogP) is 2.64. The smallest absolute Gasteiger partial charge is 0.250 e. The molecule has 1 amide bonds. The highest BCUT2D eigenvalue weighted by Gasteiger charge is 2.49. The van der Waals surface area contributed by atoms with Gasteiger partial charge in [-0.3, -0.25) is 4.79 Å². The summed E-state index contributed by atoms with van der Waals surface area (Å²) in [7, 11) is -3.03. The fraction of sp³-hybridized carbons (Fsp3) is 0.529. The van der Waals surface area contributed by atoms with Crippen LogP contribution in [0.1, 0.15) is 25.8 Å². The van der Waals surface area contributed by atoms with E-state index < -0.39 is 9.84 Å². The van der Waals surface area contributed by atoms with Crippen LogP contribution in [0.3, 0.4) is 0 Å². The summed E-state index contributed by atoms with van der Waals surface area (Å²) < 4.78 is 24.1. The largest absolute Gasteiger partial charge is 0.315 e. The van der Waals surface area contributed by atoms with Crippen molar-refractivity contribution in [1.29, 1.82) is 0 Å². The normalized spacial score (nSPS) is 28.1. The molecule has 5 nitrogen and oxygen atoms in total. The fourth-order valence-corrected chi connectivity index (χ4v) is 6.97. The zero-order chi connectivity index (χ0) is 17.5. The molecule has 0 unspecified atom stereocenters. The van der Waals surface area contributed by atoms with E-state index in [2.05, 4.69) is 4.99 Å². The molecule has 24 heavy (non-hydrogen) atoms. The zero-order valence-corrected chi connectivity index (χ0v) is 15.7. The van der Waals surface area contributed by atoms with Gasteiger partial charge in [-0.05, 0) is 25.0 Å². The van der Waals surface area contributed by atoms with Gasteiger partial charge in [-0.2, -0.15) is 4.99 Å². The minimum Gasteiger partial charge on any atom is -0.315 e. The van der Waals surface area contributed by atoms with Crippen molar-refractivity contribution in [3.8, 4) is 0 Å². The number of carbonyl (C=O) groups is 1. The van der Waals surface area contributed by atoms with Gasteiger partial charge in [-0.15, -0.1) is 0 Å². The Kier molecular flexibility index (Phi) is 4.75. The number of aryl methyl sites for hydroxylation is 1. The number of anilines is 1. The summed E-state index contributed by atoms with van der Waals surface area (Å²) in [6.45, 7) is 5.82. The van der Waals surface area contributed by atoms with Gasteiger partial charge in [0.05, 0.1) is 17.5 Å². The van der Waals surface area contributed by atoms with E-state index in [4.69, 9.17) is 0 Å². The number of sulfone groups is 1. The monoisotopic (exact) mass is 366 g/mol. The molecule has 1 aromatic carbocycles. The molecule has 2 heterocycles. The number of fused-ring (bicyclic) bond motifs is 1. The van der Waals surface area contributed by atoms with E-state index in [1.165, 1.54) is 11.8 Å². The molecule has 2 aliphatic heterocycles. The highest BCUT2D eigenvalue weighted by atomic mass is 32.2. The molecule has 0 bridgehead atoms. The van der Waals surface area contributed by atoms with Crippen LogP contribution in [0.25, 0.3) is 0 Å². The molecule has 0 radical (unpaired) electrons. The second-order valence-electron chi connectivity index (χ2n) is 6.50. The van der Waals surface area contributed by atoms with Crippen LogP contribution in [0.15, 0.2) is 29.3 Å². The Balaban J connectivity index is 2.02. The van der Waals surface area contributed by atoms with E-state index in [0.717, 1.165) is 17.7 Å². The molecule has 2 saturated heterocycles. The van der Waals surface area contributed by atoms with E-state index in [-0.39, 0.29) is 34.6 Å². The average Bonchev–Trinajstić information content (AvgIpc) is 2.98. The van der Waals surface area contributed by atoms with E-state index in [1.807, 2.05) is 49.9 Å². The van der Waals surface area contributed by atoms with Crippen molar-refractivity contribution >= 4 is 38.4 Å². The van der Waals surface area contributed by atoms with Gasteiger partial charge in [0.25, 0.3) is 5.91 Å². The standard InChI is InChI=1S/C17H22N2O3S2/c1-4-11(2)16(20)18-17-19(13-8-6-5-7-12(13)3)14-9-24(21,22)10-15(14)23-17/h5-8,11,14-15H,4,9-10H2,1-3H3/t11-,14+,15-/m0/s1. The van der Waals surface area contributed by atoms with Gasteiger partial charge in [-0.25, -0.2) is 8.42 Å². The lowest BCUT2D eigenvalue weighted by Crippen LogP contribution is -2.38. The number of nitrogens with zero attached hydrogens (tertiary/aromatic N) is 2. The molecular formula is C17H22N2O3S2. The van der Waals surface area contributed by atoms with Crippen molar-refractivity contribution < 1.29 is 13.2 Å². The first-order chi connectivity index (χ1) is 11.3. The lowest BCUT2D eigenvalue weighted by molar-refractivity contribution is -0.121. The maximum atomic E-state index is 12.3. The summed E-state index contributed by atoms with van der Waals surface area (Å²) in [5.74, 6) is 0.0129. The summed E-state index contributed by atoms with van der Waals surface area (Å²) in [4.78, 5) is 18.6. The summed E-state index contributed by atoms with van der Waals surface area (Å²) in [5, 5.41) is 0.581. The molecule has 0 spiro atoms. The van der Waals surface area contributed by atoms with Gasteiger partial charge in [-0.1, -0.05) is 43.8 Å². The molecule has 3 atom stereocenters. The molecular weight excluding hydrogens is 344 g/mol. The lowest BCUT2D eigenvalue weighted by Gasteiger charge is -2.26. The Morgan fingerprint density at radius 3 is 2.75 bits per heavy atom. The first-order valence-electron chi connectivity index (χ1n) is 8.17. The molecule has 7 heteroatoms. The minimum atomic E-state index is -3.03. The van der Waals surface area contributed by atoms with Crippen LogP contribution in [-0.4, -0.2) is 42.3 Å². The highest BCUT2D eigenvalue weighted by Crippen LogP contribution is 2.41. The predicted molar refractivity (Wildman–Crippen MR) is 99.4 cm³/mol. The molecule has 2 aliphatic rings. The first kappa shape index (κ1) is 17.5. The Bertz CT molecular complexity index is 789. The quantitative estimate of drug-likeness (QED) is 0.823. The molecule has 1 aromatic rings. The first-order valence-corrected chi connectivity index (χ1v) is 10.9. The molecule has 130 valence electrons. The second kappa shape index (κ2) is 6.52. The van der Waals surface area contributed by atoms with Crippen LogP contribution < -0.4 is 4.90 Å². The Labute approximate surface area is 147 Å². The van der Waals surface area contributed by atoms with Gasteiger partial charge in [0.2, 0.25) is 0 Å². The number of amides is 1. The summed E-state index contributed by atoms with van der Waals surface area (Å²) >= 11 is 1.43. The number of amidine groups is 1. The van der Waals surface area contributed by atoms with Crippen molar-refractivity contribution in [2.75, 3.05) is 16.4 Å². The molecule has 3 rings (SSSR count). The van der Waals surface area contributed by atoms with Crippen molar-refractivity contribution in [2.45, 2.75) is 38.5 Å². The zero-order valence-electron chi connectivity index (χ0n) is 14.1. The third kappa shape index (κ3) is 3.24. The van der Waals surface area contributed by atoms with E-state index in [1.54, 1.807) is 0 Å². The van der Waals surface area contributed by atoms with Crippen molar-refractivity contribution in [2.24, 2.45) is 10.9 Å². The number of benzene rings is 1. The van der Waals surface area contributed by atoms with E-state index in [9.17, 15) is 13.2 Å². The fourth-order valence-electron chi connectivity index (χ4n) is 3.06. The van der Waals surface area contributed by atoms with Crippen LogP contribution in [0.2, 0.25) is 0 Å². The van der Waals surface area contributed by atoms with Crippen LogP contribution in [0, 0.1) is 12.8 Å². The third-order valence-electron chi connectivity index (χ3n) is 4.68. The summed E-state index contributed by atoms with van der Waals surface area (Å²) in [6, 6.07) is 7.69. The number of thioether (sulfide) groups is 1. The third-order valence-corrected chi connectivity index (χ3v) is 7.89. The number of aliphatic imine (C=N–C) groups is 1. The van der Waals surface area contributed by atoms with Crippen molar-refractivity contribution in [3.05, 3.63) is 29.8 Å². The van der Waals surface area contributed by atoms with Gasteiger partial charge in [0.1, 0.15) is 0 Å². The molecule has 0 aromatic heterocycles. The topological polar surface area (TPSA) is 66.8 Å². The lowest BCUT2D eigenvalue weighted by atomic mass is 10.1. The molecule has 0 saturated carbocycles. The van der Waals surface area contributed by atoms with Crippen LogP contribution in [0.5, 0.6) is 0 Å². The molecule has 2 fully saturated rings. The minimum absolute atomic E-state index is 0.0573. The van der Waals surface area contributed by atoms with E-state index in [0.29, 0.717) is 5.17 Å². The molecule has 0 aliphatic carbocycles. The number of hydrogen-bond acceptors (Lipinski definition) is 4. The average molecular weight is 367 g/mol. The maximum absolute atomic E-state index is 12.3.